The van der Waals surface area contributed by atoms with Gasteiger partial charge in [0.2, 0.25) is 5.91 Å². The Morgan fingerprint density at radius 3 is 1.78 bits per heavy atom. The Morgan fingerprint density at radius 2 is 1.30 bits per heavy atom. The summed E-state index contributed by atoms with van der Waals surface area (Å²) in [5.74, 6) is -0.275. The normalized spacial score (nSPS) is 12.7. The summed E-state index contributed by atoms with van der Waals surface area (Å²) in [6.07, 6.45) is 21.6. The molecule has 0 aromatic heterocycles. The van der Waals surface area contributed by atoms with Crippen LogP contribution < -0.4 is 5.73 Å². The topological polar surface area (TPSA) is 63.4 Å². The molecular weight excluding hydrogens is 336 g/mol. The summed E-state index contributed by atoms with van der Waals surface area (Å²) in [6.45, 7) is 2.26. The molecule has 0 aliphatic heterocycles. The van der Waals surface area contributed by atoms with Crippen molar-refractivity contribution >= 4 is 11.7 Å². The molecule has 0 aromatic rings. The Morgan fingerprint density at radius 1 is 0.815 bits per heavy atom. The number of ketones is 1. The lowest BCUT2D eigenvalue weighted by molar-refractivity contribution is -0.128. The Bertz CT molecular complexity index is 405. The number of primary amides is 1. The van der Waals surface area contributed by atoms with E-state index in [1.54, 1.807) is 4.90 Å². The van der Waals surface area contributed by atoms with Crippen molar-refractivity contribution < 1.29 is 9.59 Å². The molecule has 0 radical (unpaired) electrons. The molecule has 2 N–H and O–H groups in total. The van der Waals surface area contributed by atoms with Gasteiger partial charge < -0.3 is 5.73 Å². The lowest BCUT2D eigenvalue weighted by Gasteiger charge is -2.21. The number of carbonyl (C=O) groups is 2. The first-order valence-electron chi connectivity index (χ1n) is 11.1. The number of rotatable bonds is 19. The maximum absolute atomic E-state index is 12.2. The van der Waals surface area contributed by atoms with E-state index in [2.05, 4.69) is 19.1 Å². The van der Waals surface area contributed by atoms with Crippen molar-refractivity contribution in [3.05, 3.63) is 12.2 Å². The molecule has 4 nitrogen and oxygen atoms in total. The molecule has 0 aliphatic carbocycles. The fraction of sp³-hybridized carbons (Fsp3) is 0.826. The second-order valence-corrected chi connectivity index (χ2v) is 7.95. The van der Waals surface area contributed by atoms with E-state index in [4.69, 9.17) is 5.73 Å². The van der Waals surface area contributed by atoms with Gasteiger partial charge in [0.05, 0.1) is 6.04 Å². The van der Waals surface area contributed by atoms with Gasteiger partial charge in [0.15, 0.2) is 0 Å². The van der Waals surface area contributed by atoms with E-state index in [1.807, 2.05) is 14.1 Å². The number of hydrogen-bond donors (Lipinski definition) is 1. The van der Waals surface area contributed by atoms with Crippen LogP contribution in [0.3, 0.4) is 0 Å². The summed E-state index contributed by atoms with van der Waals surface area (Å²) in [7, 11) is 3.65. The quantitative estimate of drug-likeness (QED) is 0.241. The van der Waals surface area contributed by atoms with Crippen LogP contribution in [-0.2, 0) is 9.59 Å². The summed E-state index contributed by atoms with van der Waals surface area (Å²) in [5.41, 5.74) is 5.23. The van der Waals surface area contributed by atoms with E-state index in [9.17, 15) is 9.59 Å². The largest absolute Gasteiger partial charge is 0.370 e. The number of hydrogen-bond acceptors (Lipinski definition) is 3. The summed E-state index contributed by atoms with van der Waals surface area (Å²) in [6, 6.07) is -0.362. The molecule has 0 heterocycles. The summed E-state index contributed by atoms with van der Waals surface area (Å²) in [5, 5.41) is 0. The number of nitrogens with zero attached hydrogens (tertiary/aromatic N) is 1. The third-order valence-electron chi connectivity index (χ3n) is 5.07. The van der Waals surface area contributed by atoms with Crippen LogP contribution in [0.2, 0.25) is 0 Å². The maximum atomic E-state index is 12.2. The minimum Gasteiger partial charge on any atom is -0.370 e. The highest BCUT2D eigenvalue weighted by molar-refractivity contribution is 5.89. The van der Waals surface area contributed by atoms with E-state index in [0.717, 1.165) is 12.8 Å². The van der Waals surface area contributed by atoms with Crippen LogP contribution in [0, 0.1) is 0 Å². The highest BCUT2D eigenvalue weighted by Gasteiger charge is 2.21. The zero-order chi connectivity index (χ0) is 20.3. The van der Waals surface area contributed by atoms with Crippen molar-refractivity contribution in [1.29, 1.82) is 0 Å². The Hall–Kier alpha value is -1.16. The van der Waals surface area contributed by atoms with Crippen molar-refractivity contribution in [3.63, 3.8) is 0 Å². The van der Waals surface area contributed by atoms with E-state index in [1.165, 1.54) is 70.6 Å². The molecule has 0 rings (SSSR count). The third kappa shape index (κ3) is 16.7. The number of carbonyl (C=O) groups excluding carboxylic acids is 2. The predicted octanol–water partition coefficient (Wildman–Crippen LogP) is 5.40. The number of unbranched alkanes of at least 4 members (excludes halogenated alkanes) is 11. The fourth-order valence-corrected chi connectivity index (χ4v) is 3.31. The lowest BCUT2D eigenvalue weighted by atomic mass is 10.0. The van der Waals surface area contributed by atoms with E-state index >= 15 is 0 Å². The first-order valence-corrected chi connectivity index (χ1v) is 11.1. The van der Waals surface area contributed by atoms with Crippen molar-refractivity contribution in [1.82, 2.24) is 4.90 Å². The van der Waals surface area contributed by atoms with Crippen LogP contribution in [0.25, 0.3) is 0 Å². The minimum absolute atomic E-state index is 0.122. The number of Topliss-reactive ketones (excluding diaryl/α,β-unsaturated/α-hetero) is 1. The zero-order valence-electron chi connectivity index (χ0n) is 18.2. The molecule has 0 aromatic carbocycles. The first-order chi connectivity index (χ1) is 13.0. The predicted molar refractivity (Wildman–Crippen MR) is 116 cm³/mol. The van der Waals surface area contributed by atoms with Crippen LogP contribution in [0.4, 0.5) is 0 Å². The number of nitrogens with two attached hydrogens (primary N) is 1. The van der Waals surface area contributed by atoms with Crippen LogP contribution in [0.15, 0.2) is 12.2 Å². The van der Waals surface area contributed by atoms with Gasteiger partial charge in [-0.05, 0) is 46.2 Å². The molecule has 1 amide bonds. The van der Waals surface area contributed by atoms with Crippen molar-refractivity contribution in [2.75, 3.05) is 14.1 Å². The molecular formula is C23H44N2O2. The smallest absolute Gasteiger partial charge is 0.219 e. The first kappa shape index (κ1) is 25.8. The molecule has 0 bridgehead atoms. The van der Waals surface area contributed by atoms with Crippen LogP contribution in [0.1, 0.15) is 103 Å². The van der Waals surface area contributed by atoms with Crippen LogP contribution in [0.5, 0.6) is 0 Å². The van der Waals surface area contributed by atoms with Crippen LogP contribution in [-0.4, -0.2) is 36.7 Å². The summed E-state index contributed by atoms with van der Waals surface area (Å²) < 4.78 is 0. The number of amides is 1. The van der Waals surface area contributed by atoms with E-state index < -0.39 is 5.91 Å². The Kier molecular flexibility index (Phi) is 17.4. The van der Waals surface area contributed by atoms with Gasteiger partial charge in [0.1, 0.15) is 5.78 Å². The van der Waals surface area contributed by atoms with Gasteiger partial charge in [-0.2, -0.15) is 0 Å². The molecule has 0 saturated carbocycles. The molecule has 27 heavy (non-hydrogen) atoms. The van der Waals surface area contributed by atoms with Gasteiger partial charge in [-0.1, -0.05) is 70.4 Å². The molecule has 1 atom stereocenters. The molecule has 158 valence electrons. The monoisotopic (exact) mass is 380 g/mol. The SMILES string of the molecule is CCCCCCCC/C=C\CCCCCCCC(=O)C(CC(N)=O)N(C)C. The van der Waals surface area contributed by atoms with Crippen molar-refractivity contribution in [2.45, 2.75) is 109 Å². The average Bonchev–Trinajstić information content (AvgIpc) is 2.62. The summed E-state index contributed by atoms with van der Waals surface area (Å²) in [4.78, 5) is 25.1. The van der Waals surface area contributed by atoms with Crippen molar-refractivity contribution in [3.8, 4) is 0 Å². The standard InChI is InChI=1S/C23H44N2O2/c1-4-5-6-7-8-9-10-11-12-13-14-15-16-17-18-19-22(26)21(25(2)3)20-23(24)27/h11-12,21H,4-10,13-20H2,1-3H3,(H2,24,27)/b12-11-. The van der Waals surface area contributed by atoms with E-state index in [0.29, 0.717) is 6.42 Å². The van der Waals surface area contributed by atoms with Crippen molar-refractivity contribution in [2.24, 2.45) is 5.73 Å². The third-order valence-corrected chi connectivity index (χ3v) is 5.07. The van der Waals surface area contributed by atoms with Gasteiger partial charge >= 0.3 is 0 Å². The van der Waals surface area contributed by atoms with E-state index in [-0.39, 0.29) is 18.2 Å². The second-order valence-electron chi connectivity index (χ2n) is 7.95. The van der Waals surface area contributed by atoms with Gasteiger partial charge in [-0.15, -0.1) is 0 Å². The van der Waals surface area contributed by atoms with Gasteiger partial charge in [-0.25, -0.2) is 0 Å². The zero-order valence-corrected chi connectivity index (χ0v) is 18.2. The highest BCUT2D eigenvalue weighted by atomic mass is 16.1. The number of allylic oxidation sites excluding steroid dienone is 2. The highest BCUT2D eigenvalue weighted by Crippen LogP contribution is 2.12. The Balaban J connectivity index is 3.52. The molecule has 0 aliphatic rings. The van der Waals surface area contributed by atoms with Gasteiger partial charge in [0.25, 0.3) is 0 Å². The van der Waals surface area contributed by atoms with Crippen LogP contribution >= 0.6 is 0 Å². The summed E-state index contributed by atoms with van der Waals surface area (Å²) >= 11 is 0. The lowest BCUT2D eigenvalue weighted by Crippen LogP contribution is -2.39. The molecule has 1 unspecified atom stereocenters. The second kappa shape index (κ2) is 18.2. The number of likely N-dealkylation sites (N-methyl/N-ethyl adjacent to an activating group) is 1. The minimum atomic E-state index is -0.411. The molecule has 4 heteroatoms. The average molecular weight is 381 g/mol. The molecule has 0 saturated heterocycles. The fourth-order valence-electron chi connectivity index (χ4n) is 3.31. The Labute approximate surface area is 168 Å². The van der Waals surface area contributed by atoms with Gasteiger partial charge in [0, 0.05) is 12.8 Å². The molecule has 0 spiro atoms. The maximum Gasteiger partial charge on any atom is 0.219 e. The van der Waals surface area contributed by atoms with Gasteiger partial charge in [-0.3, -0.25) is 14.5 Å². The molecule has 0 fully saturated rings.